The van der Waals surface area contributed by atoms with E-state index in [1.165, 1.54) is 71.8 Å². The minimum absolute atomic E-state index is 0.340. The average Bonchev–Trinajstić information content (AvgIpc) is 0.728. The predicted octanol–water partition coefficient (Wildman–Crippen LogP) is 30.6. The van der Waals surface area contributed by atoms with Gasteiger partial charge in [0.1, 0.15) is 34.9 Å². The predicted molar refractivity (Wildman–Crippen MR) is 455 cm³/mol. The third-order valence-corrected chi connectivity index (χ3v) is 21.1. The van der Waals surface area contributed by atoms with E-state index in [0.29, 0.717) is 45.4 Å². The van der Waals surface area contributed by atoms with E-state index in [4.69, 9.17) is 0 Å². The van der Waals surface area contributed by atoms with Gasteiger partial charge in [0, 0.05) is 67.0 Å². The summed E-state index contributed by atoms with van der Waals surface area (Å²) in [7, 11) is 0. The lowest BCUT2D eigenvalue weighted by Crippen LogP contribution is -2.12. The van der Waals surface area contributed by atoms with Crippen molar-refractivity contribution in [3.63, 3.8) is 0 Å². The van der Waals surface area contributed by atoms with Gasteiger partial charge in [-0.05, 0) is 270 Å². The largest absolute Gasteiger partial charge is 0.310 e. The maximum atomic E-state index is 15.6. The van der Waals surface area contributed by atoms with E-state index in [9.17, 15) is 8.78 Å². The van der Waals surface area contributed by atoms with Gasteiger partial charge < -0.3 is 19.6 Å². The second-order valence-corrected chi connectivity index (χ2v) is 28.8. The summed E-state index contributed by atoms with van der Waals surface area (Å²) in [6, 6.07) is 114. The Kier molecular flexibility index (Phi) is 19.3. The molecule has 0 aliphatic heterocycles. The monoisotopic (exact) mass is 1470 g/mol. The maximum Gasteiger partial charge on any atom is 0.125 e. The molecule has 0 N–H and O–H groups in total. The van der Waals surface area contributed by atoms with E-state index < -0.39 is 0 Å². The molecule has 0 saturated heterocycles. The van der Waals surface area contributed by atoms with Gasteiger partial charge in [-0.2, -0.15) is 0 Å². The lowest BCUT2D eigenvalue weighted by molar-refractivity contribution is 0.627. The summed E-state index contributed by atoms with van der Waals surface area (Å²) in [6.07, 6.45) is 0. The quantitative estimate of drug-likeness (QED) is 0.0706. The lowest BCUT2D eigenvalue weighted by atomic mass is 9.93. The Bertz CT molecular complexity index is 6530. The van der Waals surface area contributed by atoms with Crippen molar-refractivity contribution in [1.82, 2.24) is 0 Å². The molecule has 112 heavy (non-hydrogen) atoms. The molecule has 544 valence electrons. The molecule has 0 saturated carbocycles. The summed E-state index contributed by atoms with van der Waals surface area (Å²) in [5, 5.41) is 10.2. The molecule has 0 atom stereocenters. The molecule has 0 heterocycles. The van der Waals surface area contributed by atoms with Gasteiger partial charge in [0.05, 0.1) is 22.7 Å². The van der Waals surface area contributed by atoms with Crippen LogP contribution in [0.15, 0.2) is 364 Å². The summed E-state index contributed by atoms with van der Waals surface area (Å²) < 4.78 is 91.1. The Morgan fingerprint density at radius 2 is 0.402 bits per heavy atom. The molecule has 4 nitrogen and oxygen atoms in total. The van der Waals surface area contributed by atoms with E-state index in [0.717, 1.165) is 122 Å². The number of nitrogens with zero attached hydrogens (tertiary/aromatic N) is 4. The zero-order valence-electron chi connectivity index (χ0n) is 61.9. The van der Waals surface area contributed by atoms with Crippen molar-refractivity contribution in [2.45, 2.75) is 39.5 Å². The Hall–Kier alpha value is -13.7. The third kappa shape index (κ3) is 14.0. The second-order valence-electron chi connectivity index (χ2n) is 28.8. The van der Waals surface area contributed by atoms with E-state index >= 15 is 17.6 Å². The molecule has 0 fully saturated rings. The van der Waals surface area contributed by atoms with Crippen molar-refractivity contribution in [3.8, 4) is 22.3 Å². The first-order valence-electron chi connectivity index (χ1n) is 37.5. The van der Waals surface area contributed by atoms with Crippen LogP contribution in [-0.2, 0) is 0 Å². The molecule has 0 bridgehead atoms. The molecule has 0 aromatic heterocycles. The summed E-state index contributed by atoms with van der Waals surface area (Å²) in [6.45, 7) is 8.62. The van der Waals surface area contributed by atoms with E-state index in [1.807, 2.05) is 119 Å². The molecule has 0 aliphatic carbocycles. The van der Waals surface area contributed by atoms with Crippen LogP contribution in [0.25, 0.3) is 86.9 Å². The van der Waals surface area contributed by atoms with Gasteiger partial charge in [0.25, 0.3) is 0 Å². The molecule has 0 aliphatic rings. The van der Waals surface area contributed by atoms with Gasteiger partial charge in [0.2, 0.25) is 0 Å². The number of benzene rings is 18. The Morgan fingerprint density at radius 1 is 0.170 bits per heavy atom. The van der Waals surface area contributed by atoms with Gasteiger partial charge in [-0.25, -0.2) is 26.3 Å². The summed E-state index contributed by atoms with van der Waals surface area (Å²) in [5.74, 6) is -1.47. The summed E-state index contributed by atoms with van der Waals surface area (Å²) in [4.78, 5) is 8.22. The summed E-state index contributed by atoms with van der Waals surface area (Å²) >= 11 is 0. The van der Waals surface area contributed by atoms with Crippen molar-refractivity contribution in [1.29, 1.82) is 0 Å². The van der Waals surface area contributed by atoms with Gasteiger partial charge in [-0.3, -0.25) is 0 Å². The van der Waals surface area contributed by atoms with Crippen molar-refractivity contribution in [2.75, 3.05) is 19.6 Å². The normalized spacial score (nSPS) is 11.5. The molecule has 18 aromatic carbocycles. The average molecular weight is 1470 g/mol. The van der Waals surface area contributed by atoms with Crippen LogP contribution in [-0.4, -0.2) is 0 Å². The SMILES string of the molecule is CC(C)c1ccc(N(c2cccc(F)c2)c2cc3c4cc(F)ccc4c(N(c4ccc(C(C)C)cc4)c4cccc(F)c4)cc3c3ccccc23)cc1.Fc1cccc(N(c2ccc(-c3ccccc3)cc2)c2cc3c4cc(F)ccc4c(N(c4ccc(-c5ccccc5)cc4)c4cccc(F)c4)cc3c3ccccc23)c1. The van der Waals surface area contributed by atoms with Gasteiger partial charge in [0.15, 0.2) is 0 Å². The van der Waals surface area contributed by atoms with E-state index in [-0.39, 0.29) is 34.9 Å². The zero-order valence-corrected chi connectivity index (χ0v) is 61.9. The highest BCUT2D eigenvalue weighted by Crippen LogP contribution is 2.51. The minimum Gasteiger partial charge on any atom is -0.310 e. The number of fused-ring (bicyclic) bond motifs is 10. The number of anilines is 12. The smallest absolute Gasteiger partial charge is 0.125 e. The standard InChI is InChI=1S/C54H35F3N2.C48H39F3N2/c55-40-15-9-17-45(31-40)58(43-26-21-38(22-27-43)36-11-3-1-4-12-36)53-35-52-50-33-42(57)25-30-49(50)54(34-51(52)47-19-7-8-20-48(47)53)59(46-18-10-16-41(56)32-46)44-28-23-39(24-29-44)37-13-5-2-6-14-37;1-30(2)32-15-20-37(21-16-32)52(39-11-7-9-34(49)25-39)47-29-46-44-27-36(51)19-24-43(44)48(28-45(46)41-13-5-6-14-42(41)47)53(40-12-8-10-35(50)26-40)38-22-17-33(18-23-38)31(3)4/h1-35H;5-31H,1-4H3. The van der Waals surface area contributed by atoms with Crippen LogP contribution in [0.2, 0.25) is 0 Å². The fourth-order valence-corrected chi connectivity index (χ4v) is 15.7. The minimum atomic E-state index is -0.381. The molecular formula is C102H74F6N4. The topological polar surface area (TPSA) is 13.0 Å². The fraction of sp³-hybridized carbons (Fsp3) is 0.0588. The maximum absolute atomic E-state index is 15.6. The Morgan fingerprint density at radius 3 is 0.688 bits per heavy atom. The van der Waals surface area contributed by atoms with Gasteiger partial charge in [-0.15, -0.1) is 0 Å². The number of rotatable bonds is 16. The molecule has 0 spiro atoms. The van der Waals surface area contributed by atoms with Crippen molar-refractivity contribution in [3.05, 3.63) is 410 Å². The number of halogens is 6. The second kappa shape index (κ2) is 30.4. The van der Waals surface area contributed by atoms with Crippen LogP contribution in [0, 0.1) is 34.9 Å². The highest BCUT2D eigenvalue weighted by molar-refractivity contribution is 6.26. The molecule has 18 aromatic rings. The van der Waals surface area contributed by atoms with Crippen molar-refractivity contribution >= 4 is 133 Å². The lowest BCUT2D eigenvalue weighted by Gasteiger charge is -2.30. The highest BCUT2D eigenvalue weighted by atomic mass is 19.1. The molecule has 0 radical (unpaired) electrons. The summed E-state index contributed by atoms with van der Waals surface area (Å²) in [5.41, 5.74) is 15.9. The van der Waals surface area contributed by atoms with Gasteiger partial charge in [-0.1, -0.05) is 210 Å². The molecule has 0 amide bonds. The first-order chi connectivity index (χ1) is 54.6. The first kappa shape index (κ1) is 71.2. The van der Waals surface area contributed by atoms with Crippen LogP contribution in [0.5, 0.6) is 0 Å². The zero-order chi connectivity index (χ0) is 76.7. The third-order valence-electron chi connectivity index (χ3n) is 21.1. The fourth-order valence-electron chi connectivity index (χ4n) is 15.7. The van der Waals surface area contributed by atoms with Crippen LogP contribution in [0.1, 0.15) is 50.7 Å². The molecule has 0 unspecified atom stereocenters. The molecule has 18 rings (SSSR count). The Balaban J connectivity index is 0.000000164. The molecule has 10 heteroatoms. The molecular weight excluding hydrogens is 1400 g/mol. The number of hydrogen-bond donors (Lipinski definition) is 0. The highest BCUT2D eigenvalue weighted by Gasteiger charge is 2.27. The van der Waals surface area contributed by atoms with Gasteiger partial charge >= 0.3 is 0 Å². The van der Waals surface area contributed by atoms with Crippen LogP contribution < -0.4 is 19.6 Å². The van der Waals surface area contributed by atoms with Crippen LogP contribution in [0.4, 0.5) is 94.6 Å². The van der Waals surface area contributed by atoms with Crippen molar-refractivity contribution < 1.29 is 26.3 Å². The van der Waals surface area contributed by atoms with Crippen LogP contribution in [0.3, 0.4) is 0 Å². The Labute approximate surface area is 646 Å². The van der Waals surface area contributed by atoms with E-state index in [1.54, 1.807) is 48.5 Å². The van der Waals surface area contributed by atoms with Crippen molar-refractivity contribution in [2.24, 2.45) is 0 Å². The van der Waals surface area contributed by atoms with E-state index in [2.05, 4.69) is 183 Å². The number of hydrogen-bond acceptors (Lipinski definition) is 4. The first-order valence-corrected chi connectivity index (χ1v) is 37.5. The van der Waals surface area contributed by atoms with Crippen LogP contribution >= 0.6 is 0 Å².